The SMILES string of the molecule is COc1cc(C(C)=O)ccc1OCCCOS(C)(=O)=O. The first-order valence-electron chi connectivity index (χ1n) is 5.99. The smallest absolute Gasteiger partial charge is 0.264 e. The van der Waals surface area contributed by atoms with Gasteiger partial charge in [-0.15, -0.1) is 0 Å². The summed E-state index contributed by atoms with van der Waals surface area (Å²) in [5.41, 5.74) is 0.537. The topological polar surface area (TPSA) is 78.9 Å². The fourth-order valence-electron chi connectivity index (χ4n) is 1.46. The number of carbonyl (C=O) groups is 1. The van der Waals surface area contributed by atoms with Crippen LogP contribution in [0.4, 0.5) is 0 Å². The molecule has 0 unspecified atom stereocenters. The fourth-order valence-corrected chi connectivity index (χ4v) is 1.88. The maximum absolute atomic E-state index is 11.2. The third-order valence-corrected chi connectivity index (χ3v) is 3.01. The molecule has 0 aliphatic heterocycles. The molecule has 0 spiro atoms. The number of carbonyl (C=O) groups excluding carboxylic acids is 1. The first-order chi connectivity index (χ1) is 9.33. The highest BCUT2D eigenvalue weighted by molar-refractivity contribution is 7.85. The van der Waals surface area contributed by atoms with Gasteiger partial charge in [-0.3, -0.25) is 8.98 Å². The van der Waals surface area contributed by atoms with Crippen LogP contribution in [0.15, 0.2) is 18.2 Å². The predicted octanol–water partition coefficient (Wildman–Crippen LogP) is 1.64. The van der Waals surface area contributed by atoms with Gasteiger partial charge in [0.05, 0.1) is 26.6 Å². The molecule has 0 amide bonds. The third kappa shape index (κ3) is 5.58. The average molecular weight is 302 g/mol. The molecule has 0 radical (unpaired) electrons. The Morgan fingerprint density at radius 1 is 1.20 bits per heavy atom. The monoisotopic (exact) mass is 302 g/mol. The van der Waals surface area contributed by atoms with Gasteiger partial charge in [0.2, 0.25) is 0 Å². The Morgan fingerprint density at radius 3 is 2.45 bits per heavy atom. The molecule has 0 aromatic heterocycles. The van der Waals surface area contributed by atoms with Crippen LogP contribution in [0.2, 0.25) is 0 Å². The van der Waals surface area contributed by atoms with E-state index in [2.05, 4.69) is 4.18 Å². The Kier molecular flexibility index (Phi) is 5.97. The minimum Gasteiger partial charge on any atom is -0.493 e. The molecular weight excluding hydrogens is 284 g/mol. The summed E-state index contributed by atoms with van der Waals surface area (Å²) in [6, 6.07) is 4.89. The van der Waals surface area contributed by atoms with E-state index in [0.29, 0.717) is 23.5 Å². The molecule has 1 aromatic carbocycles. The molecular formula is C13H18O6S. The van der Waals surface area contributed by atoms with E-state index in [-0.39, 0.29) is 19.0 Å². The lowest BCUT2D eigenvalue weighted by Gasteiger charge is -2.11. The van der Waals surface area contributed by atoms with Crippen LogP contribution >= 0.6 is 0 Å². The van der Waals surface area contributed by atoms with Crippen LogP contribution in [0.25, 0.3) is 0 Å². The number of methoxy groups -OCH3 is 1. The van der Waals surface area contributed by atoms with Crippen molar-refractivity contribution >= 4 is 15.9 Å². The van der Waals surface area contributed by atoms with Gasteiger partial charge in [0.25, 0.3) is 10.1 Å². The maximum Gasteiger partial charge on any atom is 0.264 e. The molecule has 0 fully saturated rings. The second kappa shape index (κ2) is 7.25. The molecule has 112 valence electrons. The lowest BCUT2D eigenvalue weighted by molar-refractivity contribution is 0.101. The van der Waals surface area contributed by atoms with Crippen molar-refractivity contribution in [2.45, 2.75) is 13.3 Å². The zero-order chi connectivity index (χ0) is 15.2. The normalized spacial score (nSPS) is 11.2. The van der Waals surface area contributed by atoms with Crippen LogP contribution in [0.1, 0.15) is 23.7 Å². The van der Waals surface area contributed by atoms with Gasteiger partial charge in [0.1, 0.15) is 0 Å². The minimum absolute atomic E-state index is 0.0589. The van der Waals surface area contributed by atoms with E-state index in [9.17, 15) is 13.2 Å². The van der Waals surface area contributed by atoms with Gasteiger partial charge in [-0.2, -0.15) is 8.42 Å². The summed E-state index contributed by atoms with van der Waals surface area (Å²) >= 11 is 0. The molecule has 0 atom stereocenters. The molecule has 0 bridgehead atoms. The first-order valence-corrected chi connectivity index (χ1v) is 7.81. The van der Waals surface area contributed by atoms with Gasteiger partial charge in [0, 0.05) is 12.0 Å². The summed E-state index contributed by atoms with van der Waals surface area (Å²) in [5.74, 6) is 0.898. The van der Waals surface area contributed by atoms with E-state index in [1.165, 1.54) is 14.0 Å². The highest BCUT2D eigenvalue weighted by atomic mass is 32.2. The van der Waals surface area contributed by atoms with E-state index >= 15 is 0 Å². The van der Waals surface area contributed by atoms with Crippen molar-refractivity contribution in [3.8, 4) is 11.5 Å². The molecule has 0 saturated carbocycles. The van der Waals surface area contributed by atoms with Gasteiger partial charge in [-0.05, 0) is 25.1 Å². The second-order valence-electron chi connectivity index (χ2n) is 4.15. The summed E-state index contributed by atoms with van der Waals surface area (Å²) < 4.78 is 36.7. The lowest BCUT2D eigenvalue weighted by Crippen LogP contribution is -2.08. The molecule has 6 nitrogen and oxygen atoms in total. The largest absolute Gasteiger partial charge is 0.493 e. The van der Waals surface area contributed by atoms with E-state index < -0.39 is 10.1 Å². The standard InChI is InChI=1S/C13H18O6S/c1-10(14)11-5-6-12(13(9-11)17-2)18-7-4-8-19-20(3,15)16/h5-6,9H,4,7-8H2,1-3H3. The number of hydrogen-bond donors (Lipinski definition) is 0. The number of rotatable bonds is 8. The van der Waals surface area contributed by atoms with Gasteiger partial charge in [-0.25, -0.2) is 0 Å². The van der Waals surface area contributed by atoms with Crippen molar-refractivity contribution in [2.24, 2.45) is 0 Å². The highest BCUT2D eigenvalue weighted by Gasteiger charge is 2.08. The van der Waals surface area contributed by atoms with Crippen molar-refractivity contribution in [3.63, 3.8) is 0 Å². The Balaban J connectivity index is 2.53. The van der Waals surface area contributed by atoms with Crippen LogP contribution in [-0.4, -0.2) is 40.8 Å². The first kappa shape index (κ1) is 16.5. The van der Waals surface area contributed by atoms with Gasteiger partial charge < -0.3 is 9.47 Å². The molecule has 0 aliphatic rings. The van der Waals surface area contributed by atoms with Gasteiger partial charge in [-0.1, -0.05) is 0 Å². The molecule has 0 aliphatic carbocycles. The maximum atomic E-state index is 11.2. The third-order valence-electron chi connectivity index (χ3n) is 2.41. The van der Waals surface area contributed by atoms with E-state index in [1.54, 1.807) is 18.2 Å². The Labute approximate surface area is 118 Å². The zero-order valence-electron chi connectivity index (χ0n) is 11.7. The molecule has 7 heteroatoms. The van der Waals surface area contributed by atoms with E-state index in [4.69, 9.17) is 9.47 Å². The fraction of sp³-hybridized carbons (Fsp3) is 0.462. The molecule has 0 saturated heterocycles. The van der Waals surface area contributed by atoms with Crippen molar-refractivity contribution in [1.82, 2.24) is 0 Å². The summed E-state index contributed by atoms with van der Waals surface area (Å²) in [7, 11) is -1.93. The van der Waals surface area contributed by atoms with Crippen molar-refractivity contribution in [3.05, 3.63) is 23.8 Å². The number of hydrogen-bond acceptors (Lipinski definition) is 6. The molecule has 20 heavy (non-hydrogen) atoms. The summed E-state index contributed by atoms with van der Waals surface area (Å²) in [5, 5.41) is 0. The molecule has 1 aromatic rings. The van der Waals surface area contributed by atoms with Crippen LogP contribution in [0.5, 0.6) is 11.5 Å². The Hall–Kier alpha value is -1.60. The molecule has 0 heterocycles. The van der Waals surface area contributed by atoms with Gasteiger partial charge >= 0.3 is 0 Å². The quantitative estimate of drug-likeness (QED) is 0.413. The predicted molar refractivity (Wildman–Crippen MR) is 73.9 cm³/mol. The zero-order valence-corrected chi connectivity index (χ0v) is 12.5. The van der Waals surface area contributed by atoms with Crippen LogP contribution in [-0.2, 0) is 14.3 Å². The number of ether oxygens (including phenoxy) is 2. The Morgan fingerprint density at radius 2 is 1.90 bits per heavy atom. The van der Waals surface area contributed by atoms with E-state index in [0.717, 1.165) is 6.26 Å². The average Bonchev–Trinajstić information content (AvgIpc) is 2.36. The van der Waals surface area contributed by atoms with Crippen molar-refractivity contribution < 1.29 is 26.9 Å². The van der Waals surface area contributed by atoms with Crippen LogP contribution < -0.4 is 9.47 Å². The van der Waals surface area contributed by atoms with Crippen molar-refractivity contribution in [1.29, 1.82) is 0 Å². The lowest BCUT2D eigenvalue weighted by atomic mass is 10.1. The number of ketones is 1. The van der Waals surface area contributed by atoms with Crippen LogP contribution in [0, 0.1) is 0 Å². The summed E-state index contributed by atoms with van der Waals surface area (Å²) in [6.07, 6.45) is 1.42. The van der Waals surface area contributed by atoms with Gasteiger partial charge in [0.15, 0.2) is 17.3 Å². The highest BCUT2D eigenvalue weighted by Crippen LogP contribution is 2.28. The Bertz CT molecular complexity index is 564. The number of benzene rings is 1. The molecule has 0 N–H and O–H groups in total. The van der Waals surface area contributed by atoms with Crippen molar-refractivity contribution in [2.75, 3.05) is 26.6 Å². The number of Topliss-reactive ketones (excluding diaryl/α,β-unsaturated/α-hetero) is 1. The molecule has 1 rings (SSSR count). The van der Waals surface area contributed by atoms with E-state index in [1.807, 2.05) is 0 Å². The van der Waals surface area contributed by atoms with Crippen LogP contribution in [0.3, 0.4) is 0 Å². The summed E-state index contributed by atoms with van der Waals surface area (Å²) in [4.78, 5) is 11.2. The minimum atomic E-state index is -3.41. The summed E-state index contributed by atoms with van der Waals surface area (Å²) in [6.45, 7) is 1.82. The second-order valence-corrected chi connectivity index (χ2v) is 5.79.